The van der Waals surface area contributed by atoms with Gasteiger partial charge in [0.15, 0.2) is 22.9 Å². The molecule has 1 aromatic carbocycles. The number of aromatic amines is 1. The van der Waals surface area contributed by atoms with E-state index in [9.17, 15) is 31.5 Å². The number of ether oxygens (including phenoxy) is 2. The lowest BCUT2D eigenvalue weighted by atomic mass is 9.86. The van der Waals surface area contributed by atoms with Crippen LogP contribution in [0.15, 0.2) is 35.1 Å². The minimum atomic E-state index is -4.85. The normalized spacial score (nSPS) is 21.1. The third-order valence-corrected chi connectivity index (χ3v) is 6.50. The Morgan fingerprint density at radius 1 is 1.25 bits per heavy atom. The van der Waals surface area contributed by atoms with Crippen molar-refractivity contribution in [3.8, 4) is 5.75 Å². The van der Waals surface area contributed by atoms with E-state index in [-0.39, 0.29) is 34.1 Å². The Morgan fingerprint density at radius 3 is 2.62 bits per heavy atom. The summed E-state index contributed by atoms with van der Waals surface area (Å²) in [6, 6.07) is 3.13. The van der Waals surface area contributed by atoms with Crippen LogP contribution in [0.25, 0.3) is 11.0 Å². The van der Waals surface area contributed by atoms with E-state index in [2.05, 4.69) is 25.3 Å². The molecule has 0 saturated carbocycles. The van der Waals surface area contributed by atoms with E-state index in [1.165, 1.54) is 12.3 Å². The van der Waals surface area contributed by atoms with E-state index in [0.29, 0.717) is 0 Å². The number of methoxy groups -OCH3 is 1. The molecule has 210 valence electrons. The molecule has 1 fully saturated rings. The molecular formula is C24H19F5N6O5. The van der Waals surface area contributed by atoms with Crippen molar-refractivity contribution in [3.63, 3.8) is 0 Å². The van der Waals surface area contributed by atoms with Crippen LogP contribution in [0.5, 0.6) is 5.75 Å². The van der Waals surface area contributed by atoms with Crippen LogP contribution in [0.3, 0.4) is 0 Å². The highest BCUT2D eigenvalue weighted by Gasteiger charge is 2.61. The Hall–Kier alpha value is -4.60. The van der Waals surface area contributed by atoms with Crippen LogP contribution < -0.4 is 15.8 Å². The zero-order chi connectivity index (χ0) is 29.0. The third-order valence-electron chi connectivity index (χ3n) is 6.50. The largest absolute Gasteiger partial charge is 0.493 e. The maximum atomic E-state index is 14.5. The molecule has 1 aliphatic heterocycles. The molecule has 4 heterocycles. The molecule has 0 aliphatic carbocycles. The lowest BCUT2D eigenvalue weighted by Gasteiger charge is -2.27. The van der Waals surface area contributed by atoms with E-state index >= 15 is 0 Å². The second-order valence-electron chi connectivity index (χ2n) is 9.09. The van der Waals surface area contributed by atoms with Crippen molar-refractivity contribution in [2.24, 2.45) is 5.73 Å². The van der Waals surface area contributed by atoms with Gasteiger partial charge < -0.3 is 29.9 Å². The Bertz CT molecular complexity index is 1620. The summed E-state index contributed by atoms with van der Waals surface area (Å²) in [4.78, 5) is 39.2. The Kier molecular flexibility index (Phi) is 6.44. The molecule has 1 saturated heterocycles. The van der Waals surface area contributed by atoms with Gasteiger partial charge in [0.25, 0.3) is 11.8 Å². The minimum absolute atomic E-state index is 0.0571. The van der Waals surface area contributed by atoms with Crippen LogP contribution in [0.1, 0.15) is 57.9 Å². The smallest absolute Gasteiger partial charge is 0.417 e. The lowest BCUT2D eigenvalue weighted by molar-refractivity contribution is -0.265. The van der Waals surface area contributed by atoms with Gasteiger partial charge in [-0.25, -0.2) is 19.3 Å². The van der Waals surface area contributed by atoms with Gasteiger partial charge >= 0.3 is 12.1 Å². The number of hydrogen-bond donors (Lipinski definition) is 3. The molecule has 5 rings (SSSR count). The van der Waals surface area contributed by atoms with Crippen molar-refractivity contribution in [1.82, 2.24) is 19.9 Å². The van der Waals surface area contributed by atoms with Gasteiger partial charge in [-0.3, -0.25) is 9.59 Å². The number of fused-ring (bicyclic) bond motifs is 1. The molecule has 4 aromatic rings. The van der Waals surface area contributed by atoms with Gasteiger partial charge in [-0.1, -0.05) is 6.07 Å². The molecular weight excluding hydrogens is 547 g/mol. The van der Waals surface area contributed by atoms with Gasteiger partial charge in [-0.2, -0.15) is 17.6 Å². The fourth-order valence-corrected chi connectivity index (χ4v) is 4.59. The number of carbonyl (C=O) groups excluding carboxylic acids is 2. The first-order valence-corrected chi connectivity index (χ1v) is 11.5. The molecule has 40 heavy (non-hydrogen) atoms. The number of nitrogens with zero attached hydrogens (tertiary/aromatic N) is 3. The summed E-state index contributed by atoms with van der Waals surface area (Å²) in [7, 11) is 1.05. The molecule has 0 spiro atoms. The number of anilines is 1. The third kappa shape index (κ3) is 4.49. The Labute approximate surface area is 220 Å². The number of benzene rings is 1. The average Bonchev–Trinajstić information content (AvgIpc) is 3.63. The number of carbonyl (C=O) groups is 2. The molecule has 0 radical (unpaired) electrons. The summed E-state index contributed by atoms with van der Waals surface area (Å²) in [6.45, 7) is 0.821. The zero-order valence-electron chi connectivity index (χ0n) is 20.6. The fraction of sp³-hybridized carbons (Fsp3) is 0.292. The van der Waals surface area contributed by atoms with Crippen molar-refractivity contribution in [1.29, 1.82) is 0 Å². The lowest BCUT2D eigenvalue weighted by Crippen LogP contribution is -2.41. The fourth-order valence-electron chi connectivity index (χ4n) is 4.59. The van der Waals surface area contributed by atoms with E-state index in [1.54, 1.807) is 0 Å². The number of halogens is 5. The Morgan fingerprint density at radius 2 is 2.00 bits per heavy atom. The van der Waals surface area contributed by atoms with Crippen LogP contribution in [0.2, 0.25) is 0 Å². The number of oxazole rings is 1. The first-order valence-electron chi connectivity index (χ1n) is 11.5. The molecule has 0 unspecified atom stereocenters. The van der Waals surface area contributed by atoms with Crippen molar-refractivity contribution >= 4 is 28.7 Å². The van der Waals surface area contributed by atoms with Gasteiger partial charge in [0, 0.05) is 17.5 Å². The van der Waals surface area contributed by atoms with Crippen LogP contribution in [0, 0.1) is 11.6 Å². The molecule has 3 atom stereocenters. The van der Waals surface area contributed by atoms with Crippen LogP contribution >= 0.6 is 0 Å². The average molecular weight is 566 g/mol. The molecule has 0 bridgehead atoms. The SMILES string of the molecule is COc1c([C@@H]2C[C@](C)(C(F)(F)F)O[C@H]2c2nc3c(C(N)=O)nc(NC(=O)c4ncco4)cc3[nH]2)ccc(F)c1F. The quantitative estimate of drug-likeness (QED) is 0.294. The summed E-state index contributed by atoms with van der Waals surface area (Å²) >= 11 is 0. The van der Waals surface area contributed by atoms with Gasteiger partial charge in [0.2, 0.25) is 5.82 Å². The van der Waals surface area contributed by atoms with Crippen LogP contribution in [-0.2, 0) is 4.74 Å². The van der Waals surface area contributed by atoms with Gasteiger partial charge in [0.05, 0.1) is 18.8 Å². The first-order chi connectivity index (χ1) is 18.8. The topological polar surface area (TPSA) is 158 Å². The van der Waals surface area contributed by atoms with Crippen LogP contribution in [0.4, 0.5) is 27.8 Å². The standard InChI is InChI=1S/C24H19F5N6O5/c1-23(24(27,28)29)8-10(9-3-4-11(25)14(26)17(9)38-2)18(40-23)20-32-12-7-13(33-16(19(30)36)15(12)35-20)34-21(37)22-31-5-6-39-22/h3-7,10,18H,8H2,1-2H3,(H2,30,36)(H,32,35)(H,33,34,37)/t10-,18+,23+/m0/s1. The van der Waals surface area contributed by atoms with Gasteiger partial charge in [0.1, 0.15) is 29.5 Å². The second-order valence-corrected chi connectivity index (χ2v) is 9.09. The maximum absolute atomic E-state index is 14.5. The number of nitrogens with one attached hydrogen (secondary N) is 2. The van der Waals surface area contributed by atoms with Gasteiger partial charge in [-0.15, -0.1) is 0 Å². The van der Waals surface area contributed by atoms with E-state index in [4.69, 9.17) is 19.6 Å². The van der Waals surface area contributed by atoms with Crippen LogP contribution in [-0.4, -0.2) is 50.6 Å². The molecule has 3 aromatic heterocycles. The summed E-state index contributed by atoms with van der Waals surface area (Å²) in [5, 5.41) is 2.37. The number of alkyl halides is 3. The van der Waals surface area contributed by atoms with Crippen molar-refractivity contribution in [2.45, 2.75) is 37.1 Å². The number of primary amides is 1. The molecule has 16 heteroatoms. The Balaban J connectivity index is 1.62. The van der Waals surface area contributed by atoms with Gasteiger partial charge in [-0.05, 0) is 19.4 Å². The number of pyridine rings is 1. The van der Waals surface area contributed by atoms with E-state index in [1.807, 2.05) is 0 Å². The highest BCUT2D eigenvalue weighted by Crippen LogP contribution is 2.56. The predicted molar refractivity (Wildman–Crippen MR) is 125 cm³/mol. The number of rotatable bonds is 6. The summed E-state index contributed by atoms with van der Waals surface area (Å²) < 4.78 is 86.0. The van der Waals surface area contributed by atoms with E-state index in [0.717, 1.165) is 32.4 Å². The summed E-state index contributed by atoms with van der Waals surface area (Å²) in [5.74, 6) is -6.98. The molecule has 1 aliphatic rings. The zero-order valence-corrected chi connectivity index (χ0v) is 20.6. The van der Waals surface area contributed by atoms with E-state index < -0.39 is 65.1 Å². The number of H-pyrrole nitrogens is 1. The second kappa shape index (κ2) is 9.55. The minimum Gasteiger partial charge on any atom is -0.493 e. The number of imidazole rings is 1. The van der Waals surface area contributed by atoms with Crippen molar-refractivity contribution in [3.05, 3.63) is 65.3 Å². The molecule has 4 N–H and O–H groups in total. The molecule has 2 amide bonds. The number of amides is 2. The van der Waals surface area contributed by atoms with Crippen molar-refractivity contribution in [2.75, 3.05) is 12.4 Å². The van der Waals surface area contributed by atoms with Crippen molar-refractivity contribution < 1.29 is 45.4 Å². The first kappa shape index (κ1) is 27.0. The number of nitrogens with two attached hydrogens (primary N) is 1. The maximum Gasteiger partial charge on any atom is 0.417 e. The monoisotopic (exact) mass is 566 g/mol. The summed E-state index contributed by atoms with van der Waals surface area (Å²) in [6.07, 6.45) is -4.65. The number of aromatic nitrogens is 4. The highest BCUT2D eigenvalue weighted by atomic mass is 19.4. The predicted octanol–water partition coefficient (Wildman–Crippen LogP) is 4.15. The summed E-state index contributed by atoms with van der Waals surface area (Å²) in [5.41, 5.74) is 2.16. The molecule has 11 nitrogen and oxygen atoms in total. The number of hydrogen-bond acceptors (Lipinski definition) is 8. The highest BCUT2D eigenvalue weighted by molar-refractivity contribution is 6.05.